The number of aromatic nitrogens is 1. The van der Waals surface area contributed by atoms with Crippen LogP contribution in [0.4, 0.5) is 10.2 Å². The van der Waals surface area contributed by atoms with Gasteiger partial charge in [-0.1, -0.05) is 18.2 Å². The summed E-state index contributed by atoms with van der Waals surface area (Å²) in [6, 6.07) is 14.6. The van der Waals surface area contributed by atoms with Gasteiger partial charge in [0.2, 0.25) is 15.7 Å². The molecule has 0 atom stereocenters. The lowest BCUT2D eigenvalue weighted by atomic mass is 10.1. The van der Waals surface area contributed by atoms with Crippen molar-refractivity contribution in [3.8, 4) is 17.1 Å². The molecule has 2 aromatic heterocycles. The number of methoxy groups -OCH3 is 1. The van der Waals surface area contributed by atoms with Crippen LogP contribution < -0.4 is 14.8 Å². The highest BCUT2D eigenvalue weighted by atomic mass is 127. The van der Waals surface area contributed by atoms with Crippen LogP contribution in [0.3, 0.4) is 0 Å². The standard InChI is InChI=1S/C25H23FIN3O5S/c1-28-24(31)21-18-14-19(27)23(29-25(18)35-22(21)16-9-11-17(26)12-10-16)30-36(32,33)13-5-7-15-6-3-4-8-20(15)34-2/h3-4,6,8-12,14H,5,7,13H2,1-2H3,(H,28,31)(H,29,30). The molecule has 0 aliphatic heterocycles. The first kappa shape index (κ1) is 25.9. The van der Waals surface area contributed by atoms with Crippen molar-refractivity contribution in [2.45, 2.75) is 12.8 Å². The van der Waals surface area contributed by atoms with E-state index in [1.807, 2.05) is 46.9 Å². The second kappa shape index (κ2) is 10.8. The number of rotatable bonds is 9. The van der Waals surface area contributed by atoms with E-state index < -0.39 is 21.7 Å². The Kier molecular flexibility index (Phi) is 7.79. The van der Waals surface area contributed by atoms with Gasteiger partial charge in [0.25, 0.3) is 5.91 Å². The monoisotopic (exact) mass is 623 g/mol. The zero-order valence-electron chi connectivity index (χ0n) is 19.5. The van der Waals surface area contributed by atoms with Crippen LogP contribution in [-0.2, 0) is 16.4 Å². The first-order valence-electron chi connectivity index (χ1n) is 11.0. The van der Waals surface area contributed by atoms with Gasteiger partial charge >= 0.3 is 0 Å². The first-order valence-corrected chi connectivity index (χ1v) is 13.7. The molecule has 2 aromatic carbocycles. The largest absolute Gasteiger partial charge is 0.496 e. The molecule has 0 fully saturated rings. The number of hydrogen-bond acceptors (Lipinski definition) is 6. The second-order valence-electron chi connectivity index (χ2n) is 7.90. The van der Waals surface area contributed by atoms with Crippen LogP contribution in [-0.4, -0.2) is 39.2 Å². The number of ether oxygens (including phenoxy) is 1. The number of fused-ring (bicyclic) bond motifs is 1. The number of hydrogen-bond donors (Lipinski definition) is 2. The molecule has 2 heterocycles. The number of nitrogens with zero attached hydrogens (tertiary/aromatic N) is 1. The normalized spacial score (nSPS) is 11.4. The molecule has 36 heavy (non-hydrogen) atoms. The summed E-state index contributed by atoms with van der Waals surface area (Å²) in [5, 5.41) is 2.99. The van der Waals surface area contributed by atoms with Gasteiger partial charge in [-0.2, -0.15) is 4.98 Å². The quantitative estimate of drug-likeness (QED) is 0.255. The summed E-state index contributed by atoms with van der Waals surface area (Å²) < 4.78 is 53.2. The maximum atomic E-state index is 13.4. The second-order valence-corrected chi connectivity index (χ2v) is 10.9. The smallest absolute Gasteiger partial charge is 0.255 e. The highest BCUT2D eigenvalue weighted by Gasteiger charge is 2.24. The van der Waals surface area contributed by atoms with Gasteiger partial charge in [0.05, 0.1) is 27.4 Å². The van der Waals surface area contributed by atoms with E-state index >= 15 is 0 Å². The van der Waals surface area contributed by atoms with Crippen LogP contribution in [0, 0.1) is 9.39 Å². The highest BCUT2D eigenvalue weighted by Crippen LogP contribution is 2.35. The molecule has 188 valence electrons. The molecule has 0 unspecified atom stereocenters. The number of sulfonamides is 1. The Morgan fingerprint density at radius 1 is 1.17 bits per heavy atom. The molecule has 4 aromatic rings. The third-order valence-corrected chi connectivity index (χ3v) is 7.65. The van der Waals surface area contributed by atoms with E-state index in [4.69, 9.17) is 9.15 Å². The Balaban J connectivity index is 1.61. The van der Waals surface area contributed by atoms with Gasteiger partial charge in [0.1, 0.15) is 17.3 Å². The number of para-hydroxylation sites is 1. The minimum absolute atomic E-state index is 0.0834. The van der Waals surface area contributed by atoms with E-state index in [0.717, 1.165) is 5.56 Å². The third-order valence-electron chi connectivity index (χ3n) is 5.50. The molecular weight excluding hydrogens is 600 g/mol. The van der Waals surface area contributed by atoms with Crippen molar-refractivity contribution >= 4 is 55.4 Å². The van der Waals surface area contributed by atoms with Gasteiger partial charge in [-0.05, 0) is 77.4 Å². The number of carbonyl (C=O) groups is 1. The fraction of sp³-hybridized carbons (Fsp3) is 0.200. The molecule has 0 saturated carbocycles. The molecule has 8 nitrogen and oxygen atoms in total. The number of halogens is 2. The number of nitrogens with one attached hydrogen (secondary N) is 2. The predicted octanol–water partition coefficient (Wildman–Crippen LogP) is 4.98. The van der Waals surface area contributed by atoms with Crippen molar-refractivity contribution in [1.29, 1.82) is 0 Å². The number of benzene rings is 2. The summed E-state index contributed by atoms with van der Waals surface area (Å²) >= 11 is 1.96. The van der Waals surface area contributed by atoms with Crippen LogP contribution in [0.2, 0.25) is 0 Å². The molecular formula is C25H23FIN3O5S. The molecule has 11 heteroatoms. The minimum Gasteiger partial charge on any atom is -0.496 e. The van der Waals surface area contributed by atoms with E-state index in [0.29, 0.717) is 33.1 Å². The van der Waals surface area contributed by atoms with Crippen molar-refractivity contribution < 1.29 is 26.8 Å². The van der Waals surface area contributed by atoms with E-state index in [9.17, 15) is 17.6 Å². The van der Waals surface area contributed by atoms with E-state index in [2.05, 4.69) is 15.0 Å². The summed E-state index contributed by atoms with van der Waals surface area (Å²) in [6.07, 6.45) is 0.911. The lowest BCUT2D eigenvalue weighted by Gasteiger charge is -2.10. The number of amides is 1. The maximum Gasteiger partial charge on any atom is 0.255 e. The van der Waals surface area contributed by atoms with Gasteiger partial charge in [0, 0.05) is 12.6 Å². The summed E-state index contributed by atoms with van der Waals surface area (Å²) in [5.74, 6) is 0.0734. The number of pyridine rings is 1. The van der Waals surface area contributed by atoms with Crippen molar-refractivity contribution in [3.63, 3.8) is 0 Å². The first-order chi connectivity index (χ1) is 17.2. The molecule has 0 saturated heterocycles. The van der Waals surface area contributed by atoms with E-state index in [1.165, 1.54) is 31.3 Å². The molecule has 0 aliphatic carbocycles. The van der Waals surface area contributed by atoms with Crippen molar-refractivity contribution in [1.82, 2.24) is 10.3 Å². The lowest BCUT2D eigenvalue weighted by molar-refractivity contribution is 0.0964. The Morgan fingerprint density at radius 2 is 1.89 bits per heavy atom. The van der Waals surface area contributed by atoms with Gasteiger partial charge in [-0.3, -0.25) is 9.52 Å². The number of carbonyl (C=O) groups excluding carboxylic acids is 1. The van der Waals surface area contributed by atoms with Crippen LogP contribution in [0.5, 0.6) is 5.75 Å². The van der Waals surface area contributed by atoms with Gasteiger partial charge < -0.3 is 14.5 Å². The fourth-order valence-corrected chi connectivity index (χ4v) is 5.61. The Morgan fingerprint density at radius 3 is 2.58 bits per heavy atom. The zero-order chi connectivity index (χ0) is 25.9. The Labute approximate surface area is 221 Å². The summed E-state index contributed by atoms with van der Waals surface area (Å²) in [7, 11) is -0.654. The van der Waals surface area contributed by atoms with Crippen molar-refractivity contribution in [2.75, 3.05) is 24.6 Å². The van der Waals surface area contributed by atoms with Crippen molar-refractivity contribution in [3.05, 3.63) is 75.1 Å². The fourth-order valence-electron chi connectivity index (χ4n) is 3.79. The maximum absolute atomic E-state index is 13.4. The Bertz CT molecular complexity index is 1520. The third kappa shape index (κ3) is 5.62. The average molecular weight is 623 g/mol. The van der Waals surface area contributed by atoms with Crippen LogP contribution in [0.25, 0.3) is 22.4 Å². The van der Waals surface area contributed by atoms with Gasteiger partial charge in [0.15, 0.2) is 5.82 Å². The molecule has 2 N–H and O–H groups in total. The molecule has 0 radical (unpaired) electrons. The zero-order valence-corrected chi connectivity index (χ0v) is 22.4. The Hall–Kier alpha value is -3.19. The minimum atomic E-state index is -3.72. The number of aryl methyl sites for hydroxylation is 1. The molecule has 0 aliphatic rings. The molecule has 0 spiro atoms. The van der Waals surface area contributed by atoms with Crippen LogP contribution in [0.1, 0.15) is 22.3 Å². The average Bonchev–Trinajstić information content (AvgIpc) is 3.22. The van der Waals surface area contributed by atoms with Crippen molar-refractivity contribution in [2.24, 2.45) is 0 Å². The molecule has 1 amide bonds. The van der Waals surface area contributed by atoms with Crippen LogP contribution >= 0.6 is 22.6 Å². The van der Waals surface area contributed by atoms with E-state index in [1.54, 1.807) is 13.2 Å². The highest BCUT2D eigenvalue weighted by molar-refractivity contribution is 14.1. The topological polar surface area (TPSA) is 111 Å². The lowest BCUT2D eigenvalue weighted by Crippen LogP contribution is -2.19. The summed E-state index contributed by atoms with van der Waals surface area (Å²) in [5.41, 5.74) is 1.73. The summed E-state index contributed by atoms with van der Waals surface area (Å²) in [4.78, 5) is 17.0. The number of furan rings is 1. The summed E-state index contributed by atoms with van der Waals surface area (Å²) in [6.45, 7) is 0. The van der Waals surface area contributed by atoms with E-state index in [-0.39, 0.29) is 28.6 Å². The molecule has 0 bridgehead atoms. The number of anilines is 1. The van der Waals surface area contributed by atoms with Gasteiger partial charge in [-0.15, -0.1) is 0 Å². The van der Waals surface area contributed by atoms with Gasteiger partial charge in [-0.25, -0.2) is 12.8 Å². The predicted molar refractivity (Wildman–Crippen MR) is 144 cm³/mol. The molecule has 4 rings (SSSR count). The van der Waals surface area contributed by atoms with Crippen LogP contribution in [0.15, 0.2) is 59.0 Å². The SMILES string of the molecule is CNC(=O)c1c(-c2ccc(F)cc2)oc2nc(NS(=O)(=O)CCCc3ccccc3OC)c(I)cc12.